The van der Waals surface area contributed by atoms with E-state index >= 15 is 0 Å². The molecule has 0 aromatic carbocycles. The number of nitrogens with zero attached hydrogens (tertiary/aromatic N) is 1. The maximum absolute atomic E-state index is 2.30. The zero-order valence-electron chi connectivity index (χ0n) is 9.26. The Morgan fingerprint density at radius 1 is 1.00 bits per heavy atom. The Bertz CT molecular complexity index is 100. The highest BCUT2D eigenvalue weighted by Crippen LogP contribution is 2.17. The van der Waals surface area contributed by atoms with Crippen molar-refractivity contribution >= 4 is 11.8 Å². The van der Waals surface area contributed by atoms with Crippen LogP contribution in [0.25, 0.3) is 0 Å². The molecule has 0 atom stereocenters. The molecule has 0 spiro atoms. The van der Waals surface area contributed by atoms with Crippen LogP contribution in [0.5, 0.6) is 0 Å². The number of hydrogen-bond donors (Lipinski definition) is 0. The van der Waals surface area contributed by atoms with Crippen molar-refractivity contribution in [3.8, 4) is 0 Å². The van der Waals surface area contributed by atoms with Crippen molar-refractivity contribution in [2.75, 3.05) is 25.5 Å². The van der Waals surface area contributed by atoms with E-state index in [1.54, 1.807) is 0 Å². The fraction of sp³-hybridized carbons (Fsp3) is 1.00. The second kappa shape index (κ2) is 5.87. The van der Waals surface area contributed by atoms with Gasteiger partial charge in [0.2, 0.25) is 0 Å². The molecular formula is C10H24NS+. The molecule has 0 rings (SSSR count). The van der Waals surface area contributed by atoms with Crippen molar-refractivity contribution in [1.29, 1.82) is 0 Å². The van der Waals surface area contributed by atoms with Gasteiger partial charge in [-0.05, 0) is 20.8 Å². The van der Waals surface area contributed by atoms with E-state index in [4.69, 9.17) is 0 Å². The molecule has 1 nitrogen and oxygen atoms in total. The lowest BCUT2D eigenvalue weighted by molar-refractivity contribution is -0.911. The van der Waals surface area contributed by atoms with Crippen LogP contribution in [0.2, 0.25) is 0 Å². The standard InChI is InChI=1S/C10H24NS/c1-6-11(7-2,8-3)9-12-10(4)5/h10H,6-9H2,1-5H3/q+1. The van der Waals surface area contributed by atoms with Crippen LogP contribution < -0.4 is 0 Å². The third-order valence-corrected chi connectivity index (χ3v) is 4.06. The molecule has 0 heterocycles. The summed E-state index contributed by atoms with van der Waals surface area (Å²) in [5.41, 5.74) is 0. The Morgan fingerprint density at radius 2 is 1.42 bits per heavy atom. The summed E-state index contributed by atoms with van der Waals surface area (Å²) in [5.74, 6) is 1.28. The van der Waals surface area contributed by atoms with Gasteiger partial charge in [0.1, 0.15) is 5.88 Å². The van der Waals surface area contributed by atoms with Gasteiger partial charge in [-0.1, -0.05) is 25.6 Å². The lowest BCUT2D eigenvalue weighted by atomic mass is 10.4. The van der Waals surface area contributed by atoms with Crippen molar-refractivity contribution in [3.05, 3.63) is 0 Å². The fourth-order valence-electron chi connectivity index (χ4n) is 1.25. The van der Waals surface area contributed by atoms with Crippen molar-refractivity contribution < 1.29 is 4.48 Å². The van der Waals surface area contributed by atoms with Gasteiger partial charge in [0.05, 0.1) is 19.6 Å². The summed E-state index contributed by atoms with van der Waals surface area (Å²) < 4.78 is 1.27. The first-order valence-corrected chi connectivity index (χ1v) is 6.11. The molecule has 0 aliphatic heterocycles. The van der Waals surface area contributed by atoms with Gasteiger partial charge in [-0.25, -0.2) is 0 Å². The topological polar surface area (TPSA) is 0 Å². The van der Waals surface area contributed by atoms with Crippen molar-refractivity contribution in [3.63, 3.8) is 0 Å². The van der Waals surface area contributed by atoms with Crippen LogP contribution in [0.3, 0.4) is 0 Å². The van der Waals surface area contributed by atoms with Crippen LogP contribution in [-0.2, 0) is 0 Å². The Morgan fingerprint density at radius 3 is 1.67 bits per heavy atom. The third kappa shape index (κ3) is 3.81. The maximum Gasteiger partial charge on any atom is 0.126 e. The van der Waals surface area contributed by atoms with Crippen LogP contribution in [0, 0.1) is 0 Å². The predicted molar refractivity (Wildman–Crippen MR) is 59.5 cm³/mol. The molecule has 0 unspecified atom stereocenters. The predicted octanol–water partition coefficient (Wildman–Crippen LogP) is 2.96. The highest BCUT2D eigenvalue weighted by Gasteiger charge is 2.20. The first-order valence-electron chi connectivity index (χ1n) is 5.07. The largest absolute Gasteiger partial charge is 0.316 e. The molecule has 0 aromatic heterocycles. The minimum atomic E-state index is 0.771. The molecule has 74 valence electrons. The molecule has 0 N–H and O–H groups in total. The van der Waals surface area contributed by atoms with E-state index < -0.39 is 0 Å². The summed E-state index contributed by atoms with van der Waals surface area (Å²) in [5, 5.41) is 0.771. The van der Waals surface area contributed by atoms with Crippen LogP contribution in [0.1, 0.15) is 34.6 Å². The number of rotatable bonds is 6. The number of hydrogen-bond acceptors (Lipinski definition) is 1. The van der Waals surface area contributed by atoms with Crippen molar-refractivity contribution in [2.24, 2.45) is 0 Å². The highest BCUT2D eigenvalue weighted by atomic mass is 32.2. The van der Waals surface area contributed by atoms with Gasteiger partial charge in [0.15, 0.2) is 0 Å². The van der Waals surface area contributed by atoms with E-state index in [0.29, 0.717) is 0 Å². The van der Waals surface area contributed by atoms with Crippen LogP contribution >= 0.6 is 11.8 Å². The highest BCUT2D eigenvalue weighted by molar-refractivity contribution is 7.99. The molecule has 0 bridgehead atoms. The van der Waals surface area contributed by atoms with Gasteiger partial charge in [-0.2, -0.15) is 0 Å². The minimum Gasteiger partial charge on any atom is -0.316 e. The Labute approximate surface area is 82.1 Å². The molecule has 0 radical (unpaired) electrons. The molecule has 0 amide bonds. The summed E-state index contributed by atoms with van der Waals surface area (Å²) in [4.78, 5) is 0. The Hall–Kier alpha value is 0.310. The monoisotopic (exact) mass is 190 g/mol. The first-order chi connectivity index (χ1) is 5.60. The quantitative estimate of drug-likeness (QED) is 0.458. The minimum absolute atomic E-state index is 0.771. The van der Waals surface area contributed by atoms with E-state index in [-0.39, 0.29) is 0 Å². The van der Waals surface area contributed by atoms with Gasteiger partial charge < -0.3 is 4.48 Å². The number of thioether (sulfide) groups is 1. The molecule has 0 aliphatic rings. The van der Waals surface area contributed by atoms with Gasteiger partial charge >= 0.3 is 0 Å². The van der Waals surface area contributed by atoms with E-state index in [9.17, 15) is 0 Å². The molecule has 2 heteroatoms. The zero-order chi connectivity index (χ0) is 9.61. The smallest absolute Gasteiger partial charge is 0.126 e. The van der Waals surface area contributed by atoms with E-state index in [0.717, 1.165) is 5.25 Å². The lowest BCUT2D eigenvalue weighted by Crippen LogP contribution is -2.47. The zero-order valence-corrected chi connectivity index (χ0v) is 10.1. The van der Waals surface area contributed by atoms with Gasteiger partial charge in [0, 0.05) is 5.25 Å². The van der Waals surface area contributed by atoms with Gasteiger partial charge in [-0.15, -0.1) is 0 Å². The lowest BCUT2D eigenvalue weighted by Gasteiger charge is -2.35. The summed E-state index contributed by atoms with van der Waals surface area (Å²) in [6.07, 6.45) is 0. The Kier molecular flexibility index (Phi) is 6.02. The summed E-state index contributed by atoms with van der Waals surface area (Å²) in [6.45, 7) is 15.3. The summed E-state index contributed by atoms with van der Waals surface area (Å²) in [7, 11) is 0. The SMILES string of the molecule is CC[N+](CC)(CC)CSC(C)C. The van der Waals surface area contributed by atoms with Gasteiger partial charge in [0.25, 0.3) is 0 Å². The average Bonchev–Trinajstić information content (AvgIpc) is 2.08. The van der Waals surface area contributed by atoms with Crippen LogP contribution in [0.15, 0.2) is 0 Å². The molecule has 0 fully saturated rings. The second-order valence-electron chi connectivity index (χ2n) is 3.63. The molecular weight excluding hydrogens is 166 g/mol. The van der Waals surface area contributed by atoms with Crippen LogP contribution in [0.4, 0.5) is 0 Å². The molecule has 0 aliphatic carbocycles. The van der Waals surface area contributed by atoms with Crippen LogP contribution in [-0.4, -0.2) is 35.2 Å². The first kappa shape index (κ1) is 12.3. The van der Waals surface area contributed by atoms with Gasteiger partial charge in [-0.3, -0.25) is 0 Å². The normalized spacial score (nSPS) is 12.5. The maximum atomic E-state index is 2.30. The fourth-order valence-corrected chi connectivity index (χ4v) is 2.41. The second-order valence-corrected chi connectivity index (χ2v) is 5.17. The Balaban J connectivity index is 3.93. The summed E-state index contributed by atoms with van der Waals surface area (Å²) in [6, 6.07) is 0. The molecule has 0 aromatic rings. The molecule has 0 saturated heterocycles. The van der Waals surface area contributed by atoms with Crippen molar-refractivity contribution in [1.82, 2.24) is 0 Å². The molecule has 0 saturated carbocycles. The van der Waals surface area contributed by atoms with Crippen molar-refractivity contribution in [2.45, 2.75) is 39.9 Å². The third-order valence-electron chi connectivity index (χ3n) is 2.69. The summed E-state index contributed by atoms with van der Waals surface area (Å²) >= 11 is 2.08. The van der Waals surface area contributed by atoms with E-state index in [1.165, 1.54) is 30.0 Å². The molecule has 12 heavy (non-hydrogen) atoms. The average molecular weight is 190 g/mol. The van der Waals surface area contributed by atoms with E-state index in [1.807, 2.05) is 0 Å². The van der Waals surface area contributed by atoms with E-state index in [2.05, 4.69) is 46.4 Å². The number of quaternary nitrogens is 1.